The highest BCUT2D eigenvalue weighted by Crippen LogP contribution is 2.28. The number of carbonyl (C=O) groups is 1. The molecule has 0 aliphatic rings. The van der Waals surface area contributed by atoms with Crippen LogP contribution in [0.25, 0.3) is 0 Å². The third-order valence-electron chi connectivity index (χ3n) is 3.03. The number of nitrogens with one attached hydrogen (secondary N) is 2. The lowest BCUT2D eigenvalue weighted by atomic mass is 9.94. The standard InChI is InChI=1S/C12H23F3N2O4S/c1-7(16-10(19)20)8(6-18)5-9(12(13,14)15)17-22(21)11(2,3)4/h7-9,16-18H,5-6H2,1-4H3,(H,19,20)/t7?,8?,9?,22-/m1/s1. The summed E-state index contributed by atoms with van der Waals surface area (Å²) in [5, 5.41) is 19.8. The zero-order chi connectivity index (χ0) is 17.7. The van der Waals surface area contributed by atoms with Gasteiger partial charge in [0.1, 0.15) is 10.8 Å². The number of alkyl halides is 3. The van der Waals surface area contributed by atoms with E-state index in [-0.39, 0.29) is 0 Å². The van der Waals surface area contributed by atoms with Crippen molar-refractivity contribution in [3.63, 3.8) is 0 Å². The van der Waals surface area contributed by atoms with Gasteiger partial charge in [0.15, 0.2) is 0 Å². The fraction of sp³-hybridized carbons (Fsp3) is 0.917. The van der Waals surface area contributed by atoms with Crippen molar-refractivity contribution in [1.82, 2.24) is 10.0 Å². The van der Waals surface area contributed by atoms with Crippen LogP contribution in [0, 0.1) is 5.92 Å². The average Bonchev–Trinajstić information content (AvgIpc) is 2.30. The minimum absolute atomic E-state index is 0.594. The smallest absolute Gasteiger partial charge is 0.408 e. The molecule has 0 saturated carbocycles. The second-order valence-corrected chi connectivity index (χ2v) is 8.01. The number of halogens is 3. The van der Waals surface area contributed by atoms with E-state index in [9.17, 15) is 27.6 Å². The second kappa shape index (κ2) is 8.23. The summed E-state index contributed by atoms with van der Waals surface area (Å²) < 4.78 is 52.2. The molecular formula is C12H23F3N2O4S. The third-order valence-corrected chi connectivity index (χ3v) is 4.64. The molecule has 0 bridgehead atoms. The highest BCUT2D eigenvalue weighted by Gasteiger charge is 2.46. The minimum atomic E-state index is -4.67. The van der Waals surface area contributed by atoms with Gasteiger partial charge >= 0.3 is 12.3 Å². The first-order chi connectivity index (χ1) is 9.78. The molecule has 0 aromatic rings. The van der Waals surface area contributed by atoms with Crippen LogP contribution >= 0.6 is 0 Å². The van der Waals surface area contributed by atoms with Gasteiger partial charge in [-0.05, 0) is 34.1 Å². The monoisotopic (exact) mass is 348 g/mol. The fourth-order valence-corrected chi connectivity index (χ4v) is 2.45. The van der Waals surface area contributed by atoms with Gasteiger partial charge in [-0.25, -0.2) is 4.79 Å². The molecule has 0 rings (SSSR count). The predicted molar refractivity (Wildman–Crippen MR) is 76.7 cm³/mol. The van der Waals surface area contributed by atoms with E-state index in [0.29, 0.717) is 0 Å². The Morgan fingerprint density at radius 3 is 2.14 bits per heavy atom. The molecule has 0 aliphatic carbocycles. The summed E-state index contributed by atoms with van der Waals surface area (Å²) in [4.78, 5) is 10.5. The molecular weight excluding hydrogens is 325 g/mol. The number of hydrogen-bond donors (Lipinski definition) is 4. The number of rotatable bonds is 7. The van der Waals surface area contributed by atoms with Crippen LogP contribution < -0.4 is 10.0 Å². The molecule has 10 heteroatoms. The molecule has 0 aromatic heterocycles. The van der Waals surface area contributed by atoms with Crippen LogP contribution in [0.1, 0.15) is 34.1 Å². The first kappa shape index (κ1) is 21.3. The van der Waals surface area contributed by atoms with Crippen LogP contribution in [0.5, 0.6) is 0 Å². The quantitative estimate of drug-likeness (QED) is 0.524. The lowest BCUT2D eigenvalue weighted by Crippen LogP contribution is -2.53. The summed E-state index contributed by atoms with van der Waals surface area (Å²) in [5.74, 6) is -0.966. The van der Waals surface area contributed by atoms with Crippen molar-refractivity contribution >= 4 is 17.5 Å². The van der Waals surface area contributed by atoms with E-state index in [0.717, 1.165) is 0 Å². The molecule has 0 saturated heterocycles. The molecule has 0 radical (unpaired) electrons. The maximum atomic E-state index is 13.1. The zero-order valence-electron chi connectivity index (χ0n) is 12.9. The van der Waals surface area contributed by atoms with E-state index in [1.165, 1.54) is 27.7 Å². The number of hydrogen-bond acceptors (Lipinski definition) is 4. The Morgan fingerprint density at radius 2 is 1.82 bits per heavy atom. The molecule has 132 valence electrons. The van der Waals surface area contributed by atoms with E-state index < -0.39 is 59.4 Å². The van der Waals surface area contributed by atoms with Gasteiger partial charge in [0.05, 0.1) is 0 Å². The number of amides is 1. The van der Waals surface area contributed by atoms with Crippen molar-refractivity contribution in [1.29, 1.82) is 0 Å². The lowest BCUT2D eigenvalue weighted by molar-refractivity contribution is -0.156. The number of aliphatic hydroxyl groups is 1. The Labute approximate surface area is 130 Å². The van der Waals surface area contributed by atoms with Crippen LogP contribution in [0.2, 0.25) is 0 Å². The molecule has 0 spiro atoms. The summed E-state index contributed by atoms with van der Waals surface area (Å²) in [7, 11) is 0. The van der Waals surface area contributed by atoms with Crippen LogP contribution in [-0.4, -0.2) is 50.5 Å². The maximum Gasteiger partial charge on any atom is 0.408 e. The average molecular weight is 348 g/mol. The van der Waals surface area contributed by atoms with E-state index in [1.54, 1.807) is 0 Å². The van der Waals surface area contributed by atoms with Gasteiger partial charge in [0, 0.05) is 29.9 Å². The molecule has 0 fully saturated rings. The molecule has 0 aromatic carbocycles. The van der Waals surface area contributed by atoms with E-state index in [2.05, 4.69) is 0 Å². The van der Waals surface area contributed by atoms with E-state index >= 15 is 0 Å². The van der Waals surface area contributed by atoms with Crippen LogP contribution in [0.3, 0.4) is 0 Å². The SMILES string of the molecule is CC(NC(=O)O)C(CO)CC(N[S@+]([O-])C(C)(C)C)C(F)(F)F. The predicted octanol–water partition coefficient (Wildman–Crippen LogP) is 1.62. The Bertz CT molecular complexity index is 363. The van der Waals surface area contributed by atoms with Crippen molar-refractivity contribution in [3.8, 4) is 0 Å². The summed E-state index contributed by atoms with van der Waals surface area (Å²) in [5.41, 5.74) is 0. The van der Waals surface area contributed by atoms with Gasteiger partial charge < -0.3 is 20.1 Å². The Kier molecular flexibility index (Phi) is 7.96. The molecule has 3 unspecified atom stereocenters. The fourth-order valence-electron chi connectivity index (χ4n) is 1.61. The first-order valence-electron chi connectivity index (χ1n) is 6.64. The van der Waals surface area contributed by atoms with Crippen molar-refractivity contribution in [2.24, 2.45) is 5.92 Å². The summed E-state index contributed by atoms with van der Waals surface area (Å²) in [6, 6.07) is -2.99. The highest BCUT2D eigenvalue weighted by molar-refractivity contribution is 7.90. The van der Waals surface area contributed by atoms with Crippen LogP contribution in [0.4, 0.5) is 18.0 Å². The number of carboxylic acid groups (broad SMARTS) is 1. The third kappa shape index (κ3) is 7.52. The van der Waals surface area contributed by atoms with Gasteiger partial charge in [-0.15, -0.1) is 4.72 Å². The summed E-state index contributed by atoms with van der Waals surface area (Å²) in [6.45, 7) is 5.33. The Hall–Kier alpha value is -0.710. The van der Waals surface area contributed by atoms with Gasteiger partial charge in [-0.2, -0.15) is 13.2 Å². The molecule has 1 amide bonds. The molecule has 4 N–H and O–H groups in total. The van der Waals surface area contributed by atoms with Gasteiger partial charge in [0.25, 0.3) is 0 Å². The van der Waals surface area contributed by atoms with Gasteiger partial charge in [-0.1, -0.05) is 0 Å². The van der Waals surface area contributed by atoms with Crippen LogP contribution in [-0.2, 0) is 11.4 Å². The summed E-state index contributed by atoms with van der Waals surface area (Å²) >= 11 is -1.94. The molecule has 0 aliphatic heterocycles. The van der Waals surface area contributed by atoms with Crippen molar-refractivity contribution < 1.29 is 32.7 Å². The molecule has 22 heavy (non-hydrogen) atoms. The normalized spacial score (nSPS) is 18.4. The highest BCUT2D eigenvalue weighted by atomic mass is 32.2. The zero-order valence-corrected chi connectivity index (χ0v) is 13.7. The first-order valence-corrected chi connectivity index (χ1v) is 7.79. The minimum Gasteiger partial charge on any atom is -0.598 e. The van der Waals surface area contributed by atoms with Crippen molar-refractivity contribution in [2.75, 3.05) is 6.61 Å². The van der Waals surface area contributed by atoms with E-state index in [4.69, 9.17) is 5.11 Å². The lowest BCUT2D eigenvalue weighted by Gasteiger charge is -2.31. The van der Waals surface area contributed by atoms with Gasteiger partial charge in [0.2, 0.25) is 0 Å². The topological polar surface area (TPSA) is 105 Å². The van der Waals surface area contributed by atoms with E-state index in [1.807, 2.05) is 10.0 Å². The molecule has 6 nitrogen and oxygen atoms in total. The van der Waals surface area contributed by atoms with Crippen molar-refractivity contribution in [3.05, 3.63) is 0 Å². The van der Waals surface area contributed by atoms with Gasteiger partial charge in [-0.3, -0.25) is 0 Å². The Morgan fingerprint density at radius 1 is 1.32 bits per heavy atom. The Balaban J connectivity index is 5.01. The number of aliphatic hydroxyl groups excluding tert-OH is 1. The molecule has 0 heterocycles. The largest absolute Gasteiger partial charge is 0.598 e. The second-order valence-electron chi connectivity index (χ2n) is 6.01. The van der Waals surface area contributed by atoms with Crippen LogP contribution in [0.15, 0.2) is 0 Å². The van der Waals surface area contributed by atoms with Crippen molar-refractivity contribution in [2.45, 2.75) is 57.1 Å². The molecule has 4 atom stereocenters. The maximum absolute atomic E-state index is 13.1. The summed E-state index contributed by atoms with van der Waals surface area (Å²) in [6.07, 6.45) is -6.65.